The Labute approximate surface area is 99.1 Å². The molecule has 0 aliphatic carbocycles. The highest BCUT2D eigenvalue weighted by Gasteiger charge is 2.08. The maximum atomic E-state index is 13.4. The van der Waals surface area contributed by atoms with Crippen LogP contribution in [0.5, 0.6) is 11.6 Å². The molecule has 2 aromatic rings. The molecule has 0 spiro atoms. The van der Waals surface area contributed by atoms with Crippen molar-refractivity contribution in [3.63, 3.8) is 0 Å². The minimum atomic E-state index is -0.494. The number of pyridine rings is 1. The number of anilines is 1. The van der Waals surface area contributed by atoms with Crippen LogP contribution in [0.3, 0.4) is 0 Å². The van der Waals surface area contributed by atoms with Gasteiger partial charge in [0.25, 0.3) is 5.88 Å². The molecule has 1 aromatic heterocycles. The summed E-state index contributed by atoms with van der Waals surface area (Å²) in [6.07, 6.45) is 1.48. The molecule has 0 aliphatic heterocycles. The van der Waals surface area contributed by atoms with Crippen molar-refractivity contribution in [2.24, 2.45) is 0 Å². The number of nitrogens with two attached hydrogens (primary N) is 1. The lowest BCUT2D eigenvalue weighted by molar-refractivity contribution is 0.420. The third-order valence-electron chi connectivity index (χ3n) is 2.49. The molecule has 3 nitrogen and oxygen atoms in total. The lowest BCUT2D eigenvalue weighted by Crippen LogP contribution is -1.96. The van der Waals surface area contributed by atoms with E-state index in [-0.39, 0.29) is 5.88 Å². The number of benzene rings is 1. The Hall–Kier alpha value is -2.10. The summed E-state index contributed by atoms with van der Waals surface area (Å²) in [6.45, 7) is 3.79. The van der Waals surface area contributed by atoms with Gasteiger partial charge >= 0.3 is 0 Å². The van der Waals surface area contributed by atoms with E-state index < -0.39 is 5.82 Å². The molecule has 0 saturated heterocycles. The number of aromatic nitrogens is 1. The van der Waals surface area contributed by atoms with Gasteiger partial charge in [-0.1, -0.05) is 6.07 Å². The monoisotopic (exact) mass is 232 g/mol. The summed E-state index contributed by atoms with van der Waals surface area (Å²) in [7, 11) is 0. The van der Waals surface area contributed by atoms with Crippen molar-refractivity contribution in [2.45, 2.75) is 13.8 Å². The summed E-state index contributed by atoms with van der Waals surface area (Å²) in [5.41, 5.74) is 8.26. The first-order chi connectivity index (χ1) is 8.08. The van der Waals surface area contributed by atoms with Crippen LogP contribution >= 0.6 is 0 Å². The fourth-order valence-corrected chi connectivity index (χ4v) is 1.51. The van der Waals surface area contributed by atoms with Crippen molar-refractivity contribution < 1.29 is 9.13 Å². The molecule has 0 unspecified atom stereocenters. The first-order valence-corrected chi connectivity index (χ1v) is 5.23. The maximum Gasteiger partial charge on any atom is 0.255 e. The largest absolute Gasteiger partial charge is 0.436 e. The zero-order valence-electron chi connectivity index (χ0n) is 9.70. The van der Waals surface area contributed by atoms with E-state index in [0.717, 1.165) is 11.1 Å². The van der Waals surface area contributed by atoms with E-state index in [2.05, 4.69) is 4.98 Å². The SMILES string of the molecule is Cc1cc(C)c(Oc2ncccc2F)cc1N. The van der Waals surface area contributed by atoms with Crippen molar-refractivity contribution in [2.75, 3.05) is 5.73 Å². The molecule has 88 valence electrons. The second kappa shape index (κ2) is 4.41. The van der Waals surface area contributed by atoms with E-state index in [4.69, 9.17) is 10.5 Å². The lowest BCUT2D eigenvalue weighted by Gasteiger charge is -2.10. The summed E-state index contributed by atoms with van der Waals surface area (Å²) < 4.78 is 18.8. The van der Waals surface area contributed by atoms with Crippen LogP contribution in [0.15, 0.2) is 30.5 Å². The van der Waals surface area contributed by atoms with Gasteiger partial charge in [0, 0.05) is 18.0 Å². The van der Waals surface area contributed by atoms with Crippen LogP contribution in [0, 0.1) is 19.7 Å². The number of aryl methyl sites for hydroxylation is 2. The van der Waals surface area contributed by atoms with E-state index >= 15 is 0 Å². The Morgan fingerprint density at radius 2 is 2.00 bits per heavy atom. The molecule has 0 bridgehead atoms. The lowest BCUT2D eigenvalue weighted by atomic mass is 10.1. The molecule has 4 heteroatoms. The van der Waals surface area contributed by atoms with E-state index in [1.807, 2.05) is 19.9 Å². The van der Waals surface area contributed by atoms with Crippen LogP contribution in [-0.2, 0) is 0 Å². The first kappa shape index (κ1) is 11.4. The Kier molecular flexibility index (Phi) is 2.95. The predicted octanol–water partition coefficient (Wildman–Crippen LogP) is 3.21. The maximum absolute atomic E-state index is 13.4. The molecule has 2 N–H and O–H groups in total. The molecule has 1 aromatic carbocycles. The van der Waals surface area contributed by atoms with E-state index in [9.17, 15) is 4.39 Å². The minimum absolute atomic E-state index is 0.0427. The van der Waals surface area contributed by atoms with Gasteiger partial charge in [-0.25, -0.2) is 9.37 Å². The number of hydrogen-bond donors (Lipinski definition) is 1. The highest BCUT2D eigenvalue weighted by molar-refractivity contribution is 5.54. The summed E-state index contributed by atoms with van der Waals surface area (Å²) in [5, 5.41) is 0. The molecule has 1 heterocycles. The van der Waals surface area contributed by atoms with E-state index in [1.54, 1.807) is 6.07 Å². The Morgan fingerprint density at radius 1 is 1.24 bits per heavy atom. The highest BCUT2D eigenvalue weighted by atomic mass is 19.1. The molecule has 2 rings (SSSR count). The zero-order chi connectivity index (χ0) is 12.4. The molecule has 0 aliphatic rings. The summed E-state index contributed by atoms with van der Waals surface area (Å²) in [6, 6.07) is 6.39. The smallest absolute Gasteiger partial charge is 0.255 e. The van der Waals surface area contributed by atoms with Gasteiger partial charge in [0.05, 0.1) is 0 Å². The van der Waals surface area contributed by atoms with Crippen LogP contribution in [0.1, 0.15) is 11.1 Å². The Balaban J connectivity index is 2.37. The highest BCUT2D eigenvalue weighted by Crippen LogP contribution is 2.29. The molecular formula is C13H13FN2O. The molecule has 0 amide bonds. The summed E-state index contributed by atoms with van der Waals surface area (Å²) in [4.78, 5) is 3.83. The van der Waals surface area contributed by atoms with Gasteiger partial charge in [-0.05, 0) is 37.1 Å². The van der Waals surface area contributed by atoms with Crippen molar-refractivity contribution >= 4 is 5.69 Å². The number of nitrogen functional groups attached to an aromatic ring is 1. The van der Waals surface area contributed by atoms with Crippen LogP contribution < -0.4 is 10.5 Å². The van der Waals surface area contributed by atoms with Gasteiger partial charge in [0.2, 0.25) is 0 Å². The third kappa shape index (κ3) is 2.36. The number of ether oxygens (including phenoxy) is 1. The standard InChI is InChI=1S/C13H13FN2O/c1-8-6-9(2)12(7-11(8)15)17-13-10(14)4-3-5-16-13/h3-7H,15H2,1-2H3. The number of halogens is 1. The molecule has 0 saturated carbocycles. The fraction of sp³-hybridized carbons (Fsp3) is 0.154. The Bertz CT molecular complexity index is 555. The molecular weight excluding hydrogens is 219 g/mol. The molecule has 0 radical (unpaired) electrons. The zero-order valence-corrected chi connectivity index (χ0v) is 9.70. The van der Waals surface area contributed by atoms with Gasteiger partial charge in [0.15, 0.2) is 5.82 Å². The van der Waals surface area contributed by atoms with Gasteiger partial charge in [-0.2, -0.15) is 0 Å². The van der Waals surface area contributed by atoms with E-state index in [1.165, 1.54) is 18.3 Å². The molecule has 0 fully saturated rings. The topological polar surface area (TPSA) is 48.1 Å². The minimum Gasteiger partial charge on any atom is -0.436 e. The van der Waals surface area contributed by atoms with Crippen molar-refractivity contribution in [1.82, 2.24) is 4.98 Å². The van der Waals surface area contributed by atoms with Crippen LogP contribution in [-0.4, -0.2) is 4.98 Å². The first-order valence-electron chi connectivity index (χ1n) is 5.23. The molecule has 17 heavy (non-hydrogen) atoms. The average Bonchev–Trinajstić information content (AvgIpc) is 2.29. The second-order valence-corrected chi connectivity index (χ2v) is 3.87. The summed E-state index contributed by atoms with van der Waals surface area (Å²) in [5.74, 6) is -0.0180. The summed E-state index contributed by atoms with van der Waals surface area (Å²) >= 11 is 0. The van der Waals surface area contributed by atoms with Crippen molar-refractivity contribution in [1.29, 1.82) is 0 Å². The van der Waals surface area contributed by atoms with Crippen LogP contribution in [0.4, 0.5) is 10.1 Å². The number of rotatable bonds is 2. The third-order valence-corrected chi connectivity index (χ3v) is 2.49. The average molecular weight is 232 g/mol. The fourth-order valence-electron chi connectivity index (χ4n) is 1.51. The molecule has 0 atom stereocenters. The Morgan fingerprint density at radius 3 is 2.71 bits per heavy atom. The van der Waals surface area contributed by atoms with Crippen LogP contribution in [0.25, 0.3) is 0 Å². The van der Waals surface area contributed by atoms with Crippen molar-refractivity contribution in [3.05, 3.63) is 47.4 Å². The van der Waals surface area contributed by atoms with Crippen LogP contribution in [0.2, 0.25) is 0 Å². The van der Waals surface area contributed by atoms with Gasteiger partial charge in [-0.15, -0.1) is 0 Å². The second-order valence-electron chi connectivity index (χ2n) is 3.87. The number of hydrogen-bond acceptors (Lipinski definition) is 3. The van der Waals surface area contributed by atoms with Gasteiger partial charge < -0.3 is 10.5 Å². The predicted molar refractivity (Wildman–Crippen MR) is 64.6 cm³/mol. The number of nitrogens with zero attached hydrogens (tertiary/aromatic N) is 1. The van der Waals surface area contributed by atoms with Gasteiger partial charge in [0.1, 0.15) is 5.75 Å². The van der Waals surface area contributed by atoms with E-state index in [0.29, 0.717) is 11.4 Å². The van der Waals surface area contributed by atoms with Gasteiger partial charge in [-0.3, -0.25) is 0 Å². The van der Waals surface area contributed by atoms with Crippen molar-refractivity contribution in [3.8, 4) is 11.6 Å². The quantitative estimate of drug-likeness (QED) is 0.809. The normalized spacial score (nSPS) is 10.3.